The van der Waals surface area contributed by atoms with Gasteiger partial charge in [0.15, 0.2) is 6.10 Å². The molecule has 4 atom stereocenters. The minimum absolute atomic E-state index is 0.00172. The first-order valence-corrected chi connectivity index (χ1v) is 21.4. The number of halogens is 2. The smallest absolute Gasteiger partial charge is 0.453 e. The SMILES string of the molecule is CCCCCCCCCCCCCCC(=O)O[C@@H]1C(COP(=O)(OCCC(=O)CC(C)(C)C)OCOC(=O)CC(C)(C)C)O[C@@H](n2ccc(N)nc2=O)C1(F)F. The number of esters is 2. The number of nitrogens with two attached hydrogens (primary N) is 1. The Bertz CT molecular complexity index is 1440. The molecule has 0 spiro atoms. The summed E-state index contributed by atoms with van der Waals surface area (Å²) < 4.78 is 78.4. The molecule has 2 heterocycles. The van der Waals surface area contributed by atoms with E-state index in [4.69, 9.17) is 33.5 Å². The van der Waals surface area contributed by atoms with Gasteiger partial charge in [0.1, 0.15) is 17.7 Å². The monoisotopic (exact) mass is 821 g/mol. The van der Waals surface area contributed by atoms with Gasteiger partial charge in [-0.2, -0.15) is 13.8 Å². The van der Waals surface area contributed by atoms with E-state index in [2.05, 4.69) is 11.9 Å². The number of unbranched alkanes of at least 4 members (excludes halogenated alkanes) is 11. The number of alkyl halides is 2. The number of ketones is 1. The fourth-order valence-corrected chi connectivity index (χ4v) is 7.08. The first-order chi connectivity index (χ1) is 26.2. The van der Waals surface area contributed by atoms with Crippen molar-refractivity contribution < 1.29 is 55.5 Å². The summed E-state index contributed by atoms with van der Waals surface area (Å²) in [5.74, 6) is -6.01. The van der Waals surface area contributed by atoms with E-state index >= 15 is 8.78 Å². The standard InChI is InChI=1S/C39H66F2N3O11P/c1-8-9-10-11-12-13-14-15-16-17-18-19-20-32(46)55-34-30(54-35(39(34,40)41)44-23-21-31(42)43-36(44)48)27-52-56(49,51-24-22-29(45)25-37(2,3)4)53-28-50-33(47)26-38(5,6)7/h21,23,30,34-35H,8-20,22,24-28H2,1-7H3,(H2,42,43,48)/t30?,34-,35-,56?/m1/s1. The third kappa shape index (κ3) is 19.1. The average Bonchev–Trinajstić information content (AvgIpc) is 3.31. The second kappa shape index (κ2) is 23.6. The third-order valence-corrected chi connectivity index (χ3v) is 10.2. The fourth-order valence-electron chi connectivity index (χ4n) is 6.03. The van der Waals surface area contributed by atoms with Crippen LogP contribution in [0, 0.1) is 10.8 Å². The van der Waals surface area contributed by atoms with E-state index < -0.39 is 75.2 Å². The number of phosphoric ester groups is 1. The zero-order valence-electron chi connectivity index (χ0n) is 34.5. The number of nitrogen functional groups attached to an aromatic ring is 1. The Morgan fingerprint density at radius 2 is 1.43 bits per heavy atom. The molecule has 1 aromatic rings. The topological polar surface area (TPSA) is 185 Å². The lowest BCUT2D eigenvalue weighted by Gasteiger charge is -2.25. The average molecular weight is 822 g/mol. The molecule has 1 saturated heterocycles. The summed E-state index contributed by atoms with van der Waals surface area (Å²) in [6.45, 7) is 11.0. The Kier molecular flexibility index (Phi) is 20.8. The van der Waals surface area contributed by atoms with E-state index in [0.717, 1.165) is 37.9 Å². The van der Waals surface area contributed by atoms with Crippen molar-refractivity contribution in [3.05, 3.63) is 22.7 Å². The van der Waals surface area contributed by atoms with Crippen LogP contribution >= 0.6 is 7.82 Å². The summed E-state index contributed by atoms with van der Waals surface area (Å²) in [6.07, 6.45) is 7.20. The highest BCUT2D eigenvalue weighted by Gasteiger charge is 2.63. The summed E-state index contributed by atoms with van der Waals surface area (Å²) in [7, 11) is -4.73. The first-order valence-electron chi connectivity index (χ1n) is 19.9. The summed E-state index contributed by atoms with van der Waals surface area (Å²) >= 11 is 0. The minimum Gasteiger partial charge on any atom is -0.453 e. The van der Waals surface area contributed by atoms with Crippen LogP contribution in [0.2, 0.25) is 0 Å². The van der Waals surface area contributed by atoms with Crippen LogP contribution in [-0.4, -0.2) is 65.4 Å². The number of aromatic nitrogens is 2. The van der Waals surface area contributed by atoms with Crippen LogP contribution in [0.1, 0.15) is 157 Å². The number of nitrogens with zero attached hydrogens (tertiary/aromatic N) is 2. The number of rotatable bonds is 27. The van der Waals surface area contributed by atoms with Crippen LogP contribution in [0.15, 0.2) is 17.1 Å². The van der Waals surface area contributed by atoms with Crippen LogP contribution < -0.4 is 11.4 Å². The van der Waals surface area contributed by atoms with Gasteiger partial charge in [0, 0.05) is 25.5 Å². The molecule has 2 unspecified atom stereocenters. The van der Waals surface area contributed by atoms with Crippen molar-refractivity contribution in [2.45, 2.75) is 176 Å². The minimum atomic E-state index is -4.73. The van der Waals surface area contributed by atoms with Gasteiger partial charge in [-0.15, -0.1) is 0 Å². The van der Waals surface area contributed by atoms with Crippen LogP contribution in [0.25, 0.3) is 0 Å². The highest BCUT2D eigenvalue weighted by atomic mass is 31.2. The molecule has 0 saturated carbocycles. The van der Waals surface area contributed by atoms with Crippen LogP contribution in [0.4, 0.5) is 14.6 Å². The van der Waals surface area contributed by atoms with Gasteiger partial charge in [-0.3, -0.25) is 28.0 Å². The zero-order valence-corrected chi connectivity index (χ0v) is 35.4. The van der Waals surface area contributed by atoms with E-state index in [1.165, 1.54) is 38.5 Å². The molecule has 1 fully saturated rings. The number of carbonyl (C=O) groups excluding carboxylic acids is 3. The molecule has 0 bridgehead atoms. The predicted octanol–water partition coefficient (Wildman–Crippen LogP) is 8.85. The highest BCUT2D eigenvalue weighted by molar-refractivity contribution is 7.48. The van der Waals surface area contributed by atoms with Crippen molar-refractivity contribution in [3.63, 3.8) is 0 Å². The van der Waals surface area contributed by atoms with Gasteiger partial charge in [0.2, 0.25) is 13.0 Å². The Hall–Kier alpha value is -2.78. The molecule has 17 heteroatoms. The van der Waals surface area contributed by atoms with E-state index in [9.17, 15) is 23.7 Å². The molecule has 0 aromatic carbocycles. The van der Waals surface area contributed by atoms with Gasteiger partial charge >= 0.3 is 31.4 Å². The van der Waals surface area contributed by atoms with Gasteiger partial charge < -0.3 is 19.9 Å². The number of carbonyl (C=O) groups is 3. The zero-order chi connectivity index (χ0) is 42.0. The highest BCUT2D eigenvalue weighted by Crippen LogP contribution is 2.52. The van der Waals surface area contributed by atoms with Crippen molar-refractivity contribution in [2.75, 3.05) is 25.7 Å². The summed E-state index contributed by atoms with van der Waals surface area (Å²) in [5, 5.41) is 0. The van der Waals surface area contributed by atoms with E-state index in [-0.39, 0.29) is 42.7 Å². The third-order valence-electron chi connectivity index (χ3n) is 8.81. The normalized spacial score (nSPS) is 19.4. The fraction of sp³-hybridized carbons (Fsp3) is 0.821. The maximum absolute atomic E-state index is 16.1. The number of anilines is 1. The second-order valence-corrected chi connectivity index (χ2v) is 18.6. The summed E-state index contributed by atoms with van der Waals surface area (Å²) in [5.41, 5.74) is 3.66. The molecule has 0 radical (unpaired) electrons. The lowest BCUT2D eigenvalue weighted by molar-refractivity contribution is -0.176. The molecule has 2 N–H and O–H groups in total. The Balaban J connectivity index is 2.13. The molecule has 2 rings (SSSR count). The van der Waals surface area contributed by atoms with Crippen molar-refractivity contribution in [1.82, 2.24) is 9.55 Å². The first kappa shape index (κ1) is 49.4. The van der Waals surface area contributed by atoms with Crippen molar-refractivity contribution >= 4 is 31.4 Å². The van der Waals surface area contributed by atoms with Gasteiger partial charge in [-0.1, -0.05) is 119 Å². The predicted molar refractivity (Wildman–Crippen MR) is 207 cm³/mol. The molecule has 56 heavy (non-hydrogen) atoms. The lowest BCUT2D eigenvalue weighted by Crippen LogP contribution is -2.44. The molecule has 14 nitrogen and oxygen atoms in total. The molecule has 0 aliphatic carbocycles. The van der Waals surface area contributed by atoms with Crippen molar-refractivity contribution in [3.8, 4) is 0 Å². The molecular formula is C39H66F2N3O11P. The quantitative estimate of drug-likeness (QED) is 0.0384. The Morgan fingerprint density at radius 1 is 0.857 bits per heavy atom. The van der Waals surface area contributed by atoms with E-state index in [1.807, 2.05) is 41.5 Å². The summed E-state index contributed by atoms with van der Waals surface area (Å²) in [4.78, 5) is 53.8. The maximum atomic E-state index is 16.1. The van der Waals surface area contributed by atoms with E-state index in [1.54, 1.807) is 0 Å². The number of hydrogen-bond donors (Lipinski definition) is 1. The molecular weight excluding hydrogens is 755 g/mol. The number of ether oxygens (including phenoxy) is 3. The van der Waals surface area contributed by atoms with Crippen LogP contribution in [-0.2, 0) is 46.7 Å². The molecule has 322 valence electrons. The van der Waals surface area contributed by atoms with Crippen LogP contribution in [0.5, 0.6) is 0 Å². The van der Waals surface area contributed by atoms with Gasteiger partial charge in [0.25, 0.3) is 0 Å². The van der Waals surface area contributed by atoms with Crippen LogP contribution in [0.3, 0.4) is 0 Å². The largest absolute Gasteiger partial charge is 0.477 e. The van der Waals surface area contributed by atoms with Crippen molar-refractivity contribution in [1.29, 1.82) is 0 Å². The van der Waals surface area contributed by atoms with E-state index in [0.29, 0.717) is 17.4 Å². The maximum Gasteiger partial charge on any atom is 0.477 e. The lowest BCUT2D eigenvalue weighted by atomic mass is 9.89. The van der Waals surface area contributed by atoms with Gasteiger partial charge in [-0.25, -0.2) is 13.9 Å². The molecule has 1 aromatic heterocycles. The van der Waals surface area contributed by atoms with Gasteiger partial charge in [0.05, 0.1) is 19.6 Å². The Morgan fingerprint density at radius 3 is 1.98 bits per heavy atom. The molecule has 1 aliphatic rings. The second-order valence-electron chi connectivity index (χ2n) is 16.9. The summed E-state index contributed by atoms with van der Waals surface area (Å²) in [6, 6.07) is 1.12. The number of phosphoric acid groups is 1. The Labute approximate surface area is 330 Å². The number of Topliss-reactive ketones (excluding diaryl/α,β-unsaturated/α-hetero) is 1. The molecule has 1 aliphatic heterocycles. The van der Waals surface area contributed by atoms with Crippen molar-refractivity contribution in [2.24, 2.45) is 10.8 Å². The van der Waals surface area contributed by atoms with Gasteiger partial charge in [-0.05, 0) is 23.3 Å². The molecule has 0 amide bonds. The number of hydrogen-bond acceptors (Lipinski definition) is 13.